The molecule has 0 saturated carbocycles. The van der Waals surface area contributed by atoms with Crippen LogP contribution in [0.1, 0.15) is 55.2 Å². The van der Waals surface area contributed by atoms with Gasteiger partial charge in [0.15, 0.2) is 5.82 Å². The van der Waals surface area contributed by atoms with E-state index < -0.39 is 23.7 Å². The first-order valence-electron chi connectivity index (χ1n) is 13.4. The number of anilines is 2. The molecule has 0 aliphatic carbocycles. The number of halogens is 2. The van der Waals surface area contributed by atoms with Gasteiger partial charge in [0.05, 0.1) is 40.7 Å². The molecule has 3 aromatic rings. The topological polar surface area (TPSA) is 133 Å². The van der Waals surface area contributed by atoms with E-state index in [0.29, 0.717) is 47.3 Å². The molecule has 4 rings (SSSR count). The van der Waals surface area contributed by atoms with Gasteiger partial charge in [0.25, 0.3) is 5.91 Å². The van der Waals surface area contributed by atoms with Crippen LogP contribution in [0.5, 0.6) is 0 Å². The Kier molecular flexibility index (Phi) is 9.69. The van der Waals surface area contributed by atoms with Crippen LogP contribution >= 0.6 is 11.6 Å². The number of ether oxygens (including phenoxy) is 1. The second-order valence-electron chi connectivity index (χ2n) is 9.98. The van der Waals surface area contributed by atoms with Gasteiger partial charge in [-0.2, -0.15) is 0 Å². The molecular formula is C31H31ClFN5O4. The summed E-state index contributed by atoms with van der Waals surface area (Å²) in [6.45, 7) is 3.39. The summed E-state index contributed by atoms with van der Waals surface area (Å²) < 4.78 is 19.3. The van der Waals surface area contributed by atoms with Crippen LogP contribution in [0.2, 0.25) is 5.02 Å². The lowest BCUT2D eigenvalue weighted by molar-refractivity contribution is -0.120. The average Bonchev–Trinajstić information content (AvgIpc) is 2.98. The Morgan fingerprint density at radius 3 is 2.71 bits per heavy atom. The third-order valence-corrected chi connectivity index (χ3v) is 7.39. The largest absolute Gasteiger partial charge is 0.465 e. The van der Waals surface area contributed by atoms with Crippen molar-refractivity contribution in [2.45, 2.75) is 39.2 Å². The molecule has 0 unspecified atom stereocenters. The number of amides is 2. The molecule has 2 aromatic carbocycles. The third-order valence-electron chi connectivity index (χ3n) is 7.10. The van der Waals surface area contributed by atoms with E-state index in [9.17, 15) is 18.8 Å². The molecule has 0 radical (unpaired) electrons. The SMILES string of the molecule is COC(=O)c1ccc2c(c1)-c1ccnc(c1)[C@@H](NC(=O)/C(C=N)=C(\C)Nc1cccc(Cl)c1F)CCC[C@@H](C)C(=O)N2. The van der Waals surface area contributed by atoms with Crippen LogP contribution < -0.4 is 16.0 Å². The Labute approximate surface area is 248 Å². The molecular weight excluding hydrogens is 561 g/mol. The van der Waals surface area contributed by atoms with Crippen molar-refractivity contribution in [3.05, 3.63) is 88.1 Å². The van der Waals surface area contributed by atoms with Gasteiger partial charge in [0.1, 0.15) is 0 Å². The van der Waals surface area contributed by atoms with Gasteiger partial charge in [0, 0.05) is 35.3 Å². The van der Waals surface area contributed by atoms with Crippen LogP contribution in [0.4, 0.5) is 15.8 Å². The van der Waals surface area contributed by atoms with Gasteiger partial charge >= 0.3 is 5.97 Å². The van der Waals surface area contributed by atoms with Gasteiger partial charge in [-0.05, 0) is 67.8 Å². The maximum Gasteiger partial charge on any atom is 0.337 e. The van der Waals surface area contributed by atoms with E-state index in [1.165, 1.54) is 19.2 Å². The molecule has 218 valence electrons. The number of carbonyl (C=O) groups is 3. The normalized spacial score (nSPS) is 17.3. The lowest BCUT2D eigenvalue weighted by Crippen LogP contribution is -2.32. The molecule has 2 heterocycles. The summed E-state index contributed by atoms with van der Waals surface area (Å²) in [5.74, 6) is -2.23. The van der Waals surface area contributed by atoms with Crippen molar-refractivity contribution in [3.63, 3.8) is 0 Å². The number of aromatic nitrogens is 1. The van der Waals surface area contributed by atoms with E-state index in [1.807, 2.05) is 6.92 Å². The zero-order chi connectivity index (χ0) is 30.4. The van der Waals surface area contributed by atoms with Gasteiger partial charge < -0.3 is 26.1 Å². The van der Waals surface area contributed by atoms with Crippen molar-refractivity contribution in [1.82, 2.24) is 10.3 Å². The average molecular weight is 592 g/mol. The lowest BCUT2D eigenvalue weighted by Gasteiger charge is -2.23. The van der Waals surface area contributed by atoms with Crippen molar-refractivity contribution < 1.29 is 23.5 Å². The highest BCUT2D eigenvalue weighted by Gasteiger charge is 2.24. The molecule has 2 bridgehead atoms. The fraction of sp³-hybridized carbons (Fsp3) is 0.258. The summed E-state index contributed by atoms with van der Waals surface area (Å²) in [5.41, 5.74) is 3.00. The lowest BCUT2D eigenvalue weighted by atomic mass is 9.94. The Balaban J connectivity index is 1.71. The molecule has 2 amide bonds. The molecule has 1 aliphatic rings. The molecule has 1 aliphatic heterocycles. The minimum absolute atomic E-state index is 0.00235. The third kappa shape index (κ3) is 6.83. The monoisotopic (exact) mass is 591 g/mol. The molecule has 42 heavy (non-hydrogen) atoms. The number of fused-ring (bicyclic) bond motifs is 4. The summed E-state index contributed by atoms with van der Waals surface area (Å²) in [4.78, 5) is 43.2. The van der Waals surface area contributed by atoms with E-state index in [2.05, 4.69) is 20.9 Å². The van der Waals surface area contributed by atoms with Gasteiger partial charge in [-0.3, -0.25) is 14.6 Å². The highest BCUT2D eigenvalue weighted by molar-refractivity contribution is 6.31. The number of rotatable bonds is 6. The van der Waals surface area contributed by atoms with Crippen molar-refractivity contribution >= 4 is 47.0 Å². The van der Waals surface area contributed by atoms with E-state index in [0.717, 1.165) is 6.21 Å². The summed E-state index contributed by atoms with van der Waals surface area (Å²) in [5, 5.41) is 16.6. The molecule has 11 heteroatoms. The maximum absolute atomic E-state index is 14.5. The number of benzene rings is 2. The fourth-order valence-corrected chi connectivity index (χ4v) is 4.88. The molecule has 2 atom stereocenters. The van der Waals surface area contributed by atoms with Gasteiger partial charge in [-0.25, -0.2) is 9.18 Å². The van der Waals surface area contributed by atoms with Gasteiger partial charge in [0.2, 0.25) is 5.91 Å². The number of nitrogens with one attached hydrogen (secondary N) is 4. The smallest absolute Gasteiger partial charge is 0.337 e. The quantitative estimate of drug-likeness (QED) is 0.151. The van der Waals surface area contributed by atoms with Crippen molar-refractivity contribution in [2.24, 2.45) is 5.92 Å². The number of hydrogen-bond acceptors (Lipinski definition) is 7. The van der Waals surface area contributed by atoms with Crippen LogP contribution in [0.15, 0.2) is 66.0 Å². The number of hydrogen-bond donors (Lipinski definition) is 4. The molecule has 0 spiro atoms. The van der Waals surface area contributed by atoms with Gasteiger partial charge in [-0.1, -0.05) is 31.0 Å². The number of methoxy groups -OCH3 is 1. The number of allylic oxidation sites excluding steroid dienone is 1. The van der Waals surface area contributed by atoms with Gasteiger partial charge in [-0.15, -0.1) is 0 Å². The Bertz CT molecular complexity index is 1570. The second kappa shape index (κ2) is 13.4. The van der Waals surface area contributed by atoms with E-state index >= 15 is 0 Å². The van der Waals surface area contributed by atoms with E-state index in [-0.39, 0.29) is 33.8 Å². The van der Waals surface area contributed by atoms with Crippen molar-refractivity contribution in [2.75, 3.05) is 17.7 Å². The number of pyridine rings is 1. The van der Waals surface area contributed by atoms with Crippen molar-refractivity contribution in [3.8, 4) is 11.1 Å². The zero-order valence-electron chi connectivity index (χ0n) is 23.4. The minimum atomic E-state index is -0.669. The predicted molar refractivity (Wildman–Crippen MR) is 160 cm³/mol. The first kappa shape index (κ1) is 30.4. The zero-order valence-corrected chi connectivity index (χ0v) is 24.1. The molecule has 0 saturated heterocycles. The first-order chi connectivity index (χ1) is 20.1. The maximum atomic E-state index is 14.5. The summed E-state index contributed by atoms with van der Waals surface area (Å²) >= 11 is 5.88. The highest BCUT2D eigenvalue weighted by Crippen LogP contribution is 2.33. The standard InChI is InChI=1S/C31H31ClFN5O4/c1-17-6-4-8-25(38-30(40)22(16-34)18(2)36-26-9-5-7-23(32)28(26)33)27-15-19(12-13-35-27)21-14-20(31(41)42-3)10-11-24(21)37-29(17)39/h5,7,9-17,25,34,36H,4,6,8H2,1-3H3,(H,37,39)(H,38,40)/b22-18+,34-16?/t17-,25+/m1/s1. The van der Waals surface area contributed by atoms with E-state index in [4.69, 9.17) is 21.7 Å². The summed E-state index contributed by atoms with van der Waals surface area (Å²) in [6.07, 6.45) is 4.12. The predicted octanol–water partition coefficient (Wildman–Crippen LogP) is 6.28. The van der Waals surface area contributed by atoms with Crippen LogP contribution in [-0.2, 0) is 14.3 Å². The van der Waals surface area contributed by atoms with E-state index in [1.54, 1.807) is 49.5 Å². The van der Waals surface area contributed by atoms with Crippen LogP contribution in [0.25, 0.3) is 11.1 Å². The number of esters is 1. The summed E-state index contributed by atoms with van der Waals surface area (Å²) in [6, 6.07) is 12.3. The summed E-state index contributed by atoms with van der Waals surface area (Å²) in [7, 11) is 1.29. The Morgan fingerprint density at radius 2 is 1.98 bits per heavy atom. The van der Waals surface area contributed by atoms with Crippen molar-refractivity contribution in [1.29, 1.82) is 5.41 Å². The fourth-order valence-electron chi connectivity index (χ4n) is 4.70. The Hall–Kier alpha value is -4.57. The molecule has 4 N–H and O–H groups in total. The Morgan fingerprint density at radius 1 is 1.19 bits per heavy atom. The van der Waals surface area contributed by atoms with Crippen LogP contribution in [0.3, 0.4) is 0 Å². The molecule has 1 aromatic heterocycles. The molecule has 9 nitrogen and oxygen atoms in total. The first-order valence-corrected chi connectivity index (χ1v) is 13.7. The highest BCUT2D eigenvalue weighted by atomic mass is 35.5. The van der Waals surface area contributed by atoms with Crippen LogP contribution in [0, 0.1) is 17.1 Å². The molecule has 0 fully saturated rings. The number of nitrogens with zero attached hydrogens (tertiary/aromatic N) is 1. The van der Waals surface area contributed by atoms with Crippen LogP contribution in [-0.4, -0.2) is 36.1 Å². The minimum Gasteiger partial charge on any atom is -0.465 e. The second-order valence-corrected chi connectivity index (χ2v) is 10.4. The number of carbonyl (C=O) groups excluding carboxylic acids is 3.